The molecule has 4 saturated heterocycles. The normalized spacial score (nSPS) is 22.5. The van der Waals surface area contributed by atoms with E-state index in [1.807, 2.05) is 6.07 Å². The second kappa shape index (κ2) is 17.8. The van der Waals surface area contributed by atoms with Crippen LogP contribution in [0.5, 0.6) is 0 Å². The van der Waals surface area contributed by atoms with E-state index in [4.69, 9.17) is 11.6 Å². The first-order valence-electron chi connectivity index (χ1n) is 21.3. The van der Waals surface area contributed by atoms with Crippen LogP contribution in [0.2, 0.25) is 5.02 Å². The first-order chi connectivity index (χ1) is 28.8. The highest BCUT2D eigenvalue weighted by Gasteiger charge is 2.45. The van der Waals surface area contributed by atoms with Gasteiger partial charge in [0.1, 0.15) is 11.1 Å². The summed E-state index contributed by atoms with van der Waals surface area (Å²) in [5.74, 6) is 0.197. The molecule has 0 spiro atoms. The topological polar surface area (TPSA) is 177 Å². The molecule has 17 heteroatoms. The predicted molar refractivity (Wildman–Crippen MR) is 229 cm³/mol. The van der Waals surface area contributed by atoms with Gasteiger partial charge in [0.15, 0.2) is 15.7 Å². The lowest BCUT2D eigenvalue weighted by molar-refractivity contribution is -0.136. The molecule has 1 unspecified atom stereocenters. The van der Waals surface area contributed by atoms with Crippen LogP contribution in [0.4, 0.5) is 23.1 Å². The number of fused-ring (bicyclic) bond motifs is 1. The van der Waals surface area contributed by atoms with Gasteiger partial charge >= 0.3 is 0 Å². The quantitative estimate of drug-likeness (QED) is 0.197. The molecule has 4 fully saturated rings. The average molecular weight is 860 g/mol. The summed E-state index contributed by atoms with van der Waals surface area (Å²) in [5, 5.41) is 8.59. The molecular weight excluding hydrogens is 806 g/mol. The lowest BCUT2D eigenvalue weighted by Gasteiger charge is -2.38. The molecule has 15 nitrogen and oxygen atoms in total. The highest BCUT2D eigenvalue weighted by molar-refractivity contribution is 7.92. The number of para-hydroxylation sites is 1. The zero-order chi connectivity index (χ0) is 42.1. The van der Waals surface area contributed by atoms with Crippen molar-refractivity contribution in [2.45, 2.75) is 87.4 Å². The van der Waals surface area contributed by atoms with Crippen molar-refractivity contribution >= 4 is 68.2 Å². The molecule has 0 aliphatic carbocycles. The van der Waals surface area contributed by atoms with Crippen LogP contribution < -0.4 is 20.9 Å². The van der Waals surface area contributed by atoms with Gasteiger partial charge in [-0.2, -0.15) is 4.98 Å². The Morgan fingerprint density at radius 3 is 2.33 bits per heavy atom. The summed E-state index contributed by atoms with van der Waals surface area (Å²) >= 11 is 6.45. The number of benzene rings is 2. The number of piperidine rings is 3. The Morgan fingerprint density at radius 1 is 0.867 bits per heavy atom. The van der Waals surface area contributed by atoms with E-state index >= 15 is 0 Å². The average Bonchev–Trinajstić information content (AvgIpc) is 3.79. The molecule has 4 amide bonds. The zero-order valence-electron chi connectivity index (χ0n) is 34.2. The number of anilines is 4. The number of aromatic nitrogens is 2. The minimum atomic E-state index is -3.52. The lowest BCUT2D eigenvalue weighted by atomic mass is 9.91. The van der Waals surface area contributed by atoms with Gasteiger partial charge in [0.05, 0.1) is 33.2 Å². The van der Waals surface area contributed by atoms with Crippen LogP contribution in [0.15, 0.2) is 53.6 Å². The highest BCUT2D eigenvalue weighted by atomic mass is 35.5. The fraction of sp³-hybridized carbons (Fsp3) is 0.535. The Kier molecular flexibility index (Phi) is 12.5. The van der Waals surface area contributed by atoms with E-state index in [2.05, 4.69) is 40.6 Å². The van der Waals surface area contributed by atoms with Crippen LogP contribution >= 0.6 is 11.6 Å². The van der Waals surface area contributed by atoms with Crippen LogP contribution in [-0.2, 0) is 19.4 Å². The largest absolute Gasteiger partial charge is 0.371 e. The molecule has 2 aromatic carbocycles. The fourth-order valence-corrected chi connectivity index (χ4v) is 10.6. The van der Waals surface area contributed by atoms with E-state index in [1.165, 1.54) is 25.5 Å². The number of imide groups is 2. The van der Waals surface area contributed by atoms with Gasteiger partial charge in [-0.3, -0.25) is 29.4 Å². The third-order valence-corrected chi connectivity index (χ3v) is 15.4. The van der Waals surface area contributed by atoms with Crippen molar-refractivity contribution in [3.63, 3.8) is 0 Å². The van der Waals surface area contributed by atoms with E-state index in [9.17, 15) is 27.6 Å². The number of hydrogen-bond acceptors (Lipinski definition) is 13. The molecule has 3 N–H and O–H groups in total. The minimum absolute atomic E-state index is 0.0990. The number of sulfone groups is 1. The summed E-state index contributed by atoms with van der Waals surface area (Å²) in [6.07, 6.45) is 8.49. The highest BCUT2D eigenvalue weighted by Crippen LogP contribution is 2.34. The maximum Gasteiger partial charge on any atom is 0.262 e. The van der Waals surface area contributed by atoms with E-state index in [1.54, 1.807) is 50.2 Å². The van der Waals surface area contributed by atoms with Gasteiger partial charge in [-0.15, -0.1) is 0 Å². The number of hydrogen-bond donors (Lipinski definition) is 3. The third kappa shape index (κ3) is 9.02. The number of likely N-dealkylation sites (tertiary alicyclic amines) is 2. The van der Waals surface area contributed by atoms with Crippen LogP contribution in [0.25, 0.3) is 0 Å². The molecule has 3 aromatic rings. The van der Waals surface area contributed by atoms with Crippen molar-refractivity contribution in [3.05, 3.63) is 64.8 Å². The molecule has 5 aliphatic rings. The van der Waals surface area contributed by atoms with Gasteiger partial charge in [-0.05, 0) is 121 Å². The number of carbonyl (C=O) groups is 4. The van der Waals surface area contributed by atoms with E-state index in [0.717, 1.165) is 82.2 Å². The summed E-state index contributed by atoms with van der Waals surface area (Å²) in [6.45, 7) is 11.4. The molecule has 0 radical (unpaired) electrons. The maximum atomic E-state index is 13.3. The van der Waals surface area contributed by atoms with Gasteiger partial charge in [-0.25, -0.2) is 13.4 Å². The van der Waals surface area contributed by atoms with E-state index in [-0.39, 0.29) is 29.7 Å². The second-order valence-corrected chi connectivity index (χ2v) is 20.1. The standard InChI is InChI=1S/C43H54ClN9O6S/c1-27(2)60(58,59)37-6-4-3-5-35(37)47-39-34(44)24-45-43(49-39)46-30-16-20-51(26-30)19-13-28-11-17-50(18-12-28)25-29-14-21-52(22-15-29)31-7-8-32-33(23-31)42(57)53(41(32)56)36-9-10-38(54)48-40(36)55/h3-8,23-24,27-30,36H,9-22,25-26H2,1-2H3,(H,48,54,55)(H2,45,46,47,49)/t30-,36?/m1/s1. The number of rotatable bonds is 13. The molecule has 0 bridgehead atoms. The number of carbonyl (C=O) groups excluding carboxylic acids is 4. The fourth-order valence-electron chi connectivity index (χ4n) is 9.28. The van der Waals surface area contributed by atoms with Gasteiger partial charge in [0.2, 0.25) is 17.8 Å². The van der Waals surface area contributed by atoms with Crippen molar-refractivity contribution in [2.24, 2.45) is 11.8 Å². The molecule has 0 saturated carbocycles. The van der Waals surface area contributed by atoms with Gasteiger partial charge in [-0.1, -0.05) is 23.7 Å². The lowest BCUT2D eigenvalue weighted by Crippen LogP contribution is -2.54. The summed E-state index contributed by atoms with van der Waals surface area (Å²) in [6, 6.07) is 11.4. The Balaban J connectivity index is 0.749. The second-order valence-electron chi connectivity index (χ2n) is 17.2. The van der Waals surface area contributed by atoms with Crippen molar-refractivity contribution in [1.29, 1.82) is 0 Å². The van der Waals surface area contributed by atoms with Crippen molar-refractivity contribution < 1.29 is 27.6 Å². The molecule has 6 heterocycles. The summed E-state index contributed by atoms with van der Waals surface area (Å²) in [7, 11) is -3.52. The van der Waals surface area contributed by atoms with Crippen LogP contribution in [0.3, 0.4) is 0 Å². The summed E-state index contributed by atoms with van der Waals surface area (Å²) in [5.41, 5.74) is 1.98. The number of halogens is 1. The first kappa shape index (κ1) is 42.1. The Bertz CT molecular complexity index is 2240. The van der Waals surface area contributed by atoms with Gasteiger partial charge in [0.25, 0.3) is 11.8 Å². The zero-order valence-corrected chi connectivity index (χ0v) is 35.8. The van der Waals surface area contributed by atoms with Crippen molar-refractivity contribution in [1.82, 2.24) is 30.0 Å². The van der Waals surface area contributed by atoms with Crippen LogP contribution in [0.1, 0.15) is 85.9 Å². The van der Waals surface area contributed by atoms with E-state index < -0.39 is 38.9 Å². The summed E-state index contributed by atoms with van der Waals surface area (Å²) in [4.78, 5) is 68.2. The van der Waals surface area contributed by atoms with Crippen molar-refractivity contribution in [3.8, 4) is 0 Å². The van der Waals surface area contributed by atoms with Gasteiger partial charge in [0, 0.05) is 50.9 Å². The third-order valence-electron chi connectivity index (χ3n) is 12.9. The smallest absolute Gasteiger partial charge is 0.262 e. The Labute approximate surface area is 356 Å². The SMILES string of the molecule is CC(C)S(=O)(=O)c1ccccc1Nc1nc(N[C@@H]2CCN(CCC3CCN(CC4CCN(c5ccc6c(c5)C(=O)N(C5CCC(=O)NC5=O)C6=O)CC4)CC3)C2)ncc1Cl. The first-order valence-corrected chi connectivity index (χ1v) is 23.2. The van der Waals surface area contributed by atoms with Crippen LogP contribution in [0, 0.1) is 11.8 Å². The number of amides is 4. The van der Waals surface area contributed by atoms with Crippen LogP contribution in [-0.4, -0.2) is 126 Å². The van der Waals surface area contributed by atoms with Crippen molar-refractivity contribution in [2.75, 3.05) is 67.9 Å². The molecule has 2 atom stereocenters. The van der Waals surface area contributed by atoms with Gasteiger partial charge < -0.3 is 25.3 Å². The Hall–Kier alpha value is -4.64. The molecule has 5 aliphatic heterocycles. The molecular formula is C43H54ClN9O6S. The van der Waals surface area contributed by atoms with E-state index in [0.29, 0.717) is 45.4 Å². The molecule has 8 rings (SSSR count). The molecule has 320 valence electrons. The maximum absolute atomic E-state index is 13.3. The number of nitrogens with zero attached hydrogens (tertiary/aromatic N) is 6. The minimum Gasteiger partial charge on any atom is -0.371 e. The molecule has 1 aromatic heterocycles. The number of nitrogens with one attached hydrogen (secondary N) is 3. The Morgan fingerprint density at radius 2 is 1.58 bits per heavy atom. The molecule has 60 heavy (non-hydrogen) atoms. The summed E-state index contributed by atoms with van der Waals surface area (Å²) < 4.78 is 25.9. The predicted octanol–water partition coefficient (Wildman–Crippen LogP) is 4.96. The monoisotopic (exact) mass is 859 g/mol.